The molecular weight excluding hydrogens is 551 g/mol. The molecule has 2 rings (SSSR count). The molecule has 0 aromatic carbocycles. The van der Waals surface area contributed by atoms with Gasteiger partial charge in [-0.3, -0.25) is 23.4 Å². The number of hydrogen-bond donors (Lipinski definition) is 4. The van der Waals surface area contributed by atoms with Crippen LogP contribution in [0.2, 0.25) is 0 Å². The molecule has 1 aliphatic heterocycles. The molecule has 238 valence electrons. The Balaban J connectivity index is 1.44. The zero-order chi connectivity index (χ0) is 29.9. The van der Waals surface area contributed by atoms with E-state index in [0.717, 1.165) is 36.1 Å². The van der Waals surface area contributed by atoms with E-state index in [1.54, 1.807) is 0 Å². The maximum Gasteiger partial charge on any atom is 0.472 e. The summed E-state index contributed by atoms with van der Waals surface area (Å²) in [6.45, 7) is 1.80. The van der Waals surface area contributed by atoms with Gasteiger partial charge in [0.2, 0.25) is 0 Å². The highest BCUT2D eigenvalue weighted by atomic mass is 31.2. The van der Waals surface area contributed by atoms with Gasteiger partial charge in [0.25, 0.3) is 5.56 Å². The van der Waals surface area contributed by atoms with E-state index in [2.05, 4.69) is 6.92 Å². The molecule has 1 saturated heterocycles. The third-order valence-corrected chi connectivity index (χ3v) is 8.60. The Labute approximate surface area is 244 Å². The molecule has 1 aliphatic rings. The Kier molecular flexibility index (Phi) is 18.0. The van der Waals surface area contributed by atoms with Crippen LogP contribution in [0.15, 0.2) is 21.9 Å². The van der Waals surface area contributed by atoms with Gasteiger partial charge in [-0.05, 0) is 6.42 Å². The number of aromatic nitrogens is 2. The van der Waals surface area contributed by atoms with Gasteiger partial charge in [-0.2, -0.15) is 0 Å². The van der Waals surface area contributed by atoms with Crippen molar-refractivity contribution in [2.24, 2.45) is 0 Å². The van der Waals surface area contributed by atoms with Gasteiger partial charge in [-0.25, -0.2) is 9.36 Å². The topological polar surface area (TPSA) is 160 Å². The number of hydrogen-bond acceptors (Lipinski definition) is 8. The number of ether oxygens (including phenoxy) is 1. The highest BCUT2D eigenvalue weighted by Gasteiger charge is 2.45. The molecule has 0 amide bonds. The summed E-state index contributed by atoms with van der Waals surface area (Å²) in [6, 6.07) is 1.07. The van der Waals surface area contributed by atoms with Crippen molar-refractivity contribution >= 4 is 7.82 Å². The number of aliphatic hydroxyl groups is 2. The molecule has 4 N–H and O–H groups in total. The van der Waals surface area contributed by atoms with Crippen LogP contribution in [0.3, 0.4) is 0 Å². The number of phosphoric acid groups is 1. The summed E-state index contributed by atoms with van der Waals surface area (Å²) >= 11 is 0. The molecule has 11 nitrogen and oxygen atoms in total. The highest BCUT2D eigenvalue weighted by molar-refractivity contribution is 7.47. The molecule has 0 saturated carbocycles. The second kappa shape index (κ2) is 20.6. The Hall–Kier alpha value is -1.33. The van der Waals surface area contributed by atoms with E-state index in [-0.39, 0.29) is 6.61 Å². The molecule has 5 atom stereocenters. The molecule has 0 radical (unpaired) electrons. The lowest BCUT2D eigenvalue weighted by molar-refractivity contribution is -0.0552. The van der Waals surface area contributed by atoms with Crippen molar-refractivity contribution in [2.45, 2.75) is 147 Å². The van der Waals surface area contributed by atoms with Crippen molar-refractivity contribution < 1.29 is 33.5 Å². The Morgan fingerprint density at radius 1 is 0.805 bits per heavy atom. The predicted molar refractivity (Wildman–Crippen MR) is 158 cm³/mol. The summed E-state index contributed by atoms with van der Waals surface area (Å²) in [5.41, 5.74) is -1.44. The van der Waals surface area contributed by atoms with Crippen LogP contribution in [-0.4, -0.2) is 56.2 Å². The van der Waals surface area contributed by atoms with Gasteiger partial charge in [0.1, 0.15) is 18.3 Å². The quantitative estimate of drug-likeness (QED) is 0.0903. The summed E-state index contributed by atoms with van der Waals surface area (Å²) in [4.78, 5) is 35.2. The minimum absolute atomic E-state index is 0.0681. The lowest BCUT2D eigenvalue weighted by atomic mass is 10.0. The lowest BCUT2D eigenvalue weighted by Crippen LogP contribution is -2.37. The van der Waals surface area contributed by atoms with Crippen molar-refractivity contribution in [3.8, 4) is 0 Å². The van der Waals surface area contributed by atoms with Crippen molar-refractivity contribution in [1.29, 1.82) is 0 Å². The smallest absolute Gasteiger partial charge is 0.387 e. The van der Waals surface area contributed by atoms with Crippen LogP contribution >= 0.6 is 7.82 Å². The number of aromatic amines is 1. The largest absolute Gasteiger partial charge is 0.472 e. The second-order valence-electron chi connectivity index (χ2n) is 11.2. The Morgan fingerprint density at radius 2 is 1.29 bits per heavy atom. The van der Waals surface area contributed by atoms with E-state index in [0.29, 0.717) is 6.42 Å². The first-order chi connectivity index (χ1) is 19.7. The molecule has 1 fully saturated rings. The third kappa shape index (κ3) is 14.6. The van der Waals surface area contributed by atoms with Crippen molar-refractivity contribution in [3.63, 3.8) is 0 Å². The first kappa shape index (κ1) is 35.9. The average molecular weight is 605 g/mol. The van der Waals surface area contributed by atoms with Crippen LogP contribution < -0.4 is 11.2 Å². The number of phosphoric ester groups is 1. The fraction of sp³-hybridized carbons (Fsp3) is 0.862. The number of aliphatic hydroxyl groups excluding tert-OH is 2. The third-order valence-electron chi connectivity index (χ3n) is 7.62. The lowest BCUT2D eigenvalue weighted by Gasteiger charge is -2.17. The highest BCUT2D eigenvalue weighted by Crippen LogP contribution is 2.44. The fourth-order valence-corrected chi connectivity index (χ4v) is 5.88. The van der Waals surface area contributed by atoms with Gasteiger partial charge in [-0.1, -0.05) is 116 Å². The molecular formula is C29H53N2O9P. The number of rotatable bonds is 24. The molecule has 1 aromatic rings. The van der Waals surface area contributed by atoms with Gasteiger partial charge in [0.15, 0.2) is 6.23 Å². The summed E-state index contributed by atoms with van der Waals surface area (Å²) in [6.07, 6.45) is 18.2. The molecule has 0 spiro atoms. The monoisotopic (exact) mass is 604 g/mol. The van der Waals surface area contributed by atoms with Crippen LogP contribution in [0.1, 0.15) is 129 Å². The van der Waals surface area contributed by atoms with Crippen LogP contribution in [0.25, 0.3) is 0 Å². The van der Waals surface area contributed by atoms with Crippen LogP contribution in [-0.2, 0) is 18.3 Å². The average Bonchev–Trinajstić information content (AvgIpc) is 3.22. The normalized spacial score (nSPS) is 22.2. The standard InChI is InChI=1S/C29H53N2O9P/c1-2-3-4-5-6-7-8-9-10-11-12-13-14-15-16-17-18-19-22-38-41(36,37)39-23-24-26(33)27(34)28(40-24)31-21-20-25(32)30-29(31)35/h20-21,24,26-28,33-34H,2-19,22-23H2,1H3,(H,36,37)(H,30,32,35)/t24-,26-,27-,28-/m1/s1. The van der Waals surface area contributed by atoms with Crippen molar-refractivity contribution in [1.82, 2.24) is 9.55 Å². The second-order valence-corrected chi connectivity index (χ2v) is 12.6. The molecule has 1 aromatic heterocycles. The SMILES string of the molecule is CCCCCCCCCCCCCCCCCCCCOP(=O)(O)OC[C@H]1O[C@@H](n2ccc(=O)[nH]c2=O)[C@H](O)[C@@H]1O. The summed E-state index contributed by atoms with van der Waals surface area (Å²) < 4.78 is 28.6. The van der Waals surface area contributed by atoms with E-state index in [4.69, 9.17) is 13.8 Å². The molecule has 1 unspecified atom stereocenters. The van der Waals surface area contributed by atoms with Crippen LogP contribution in [0, 0.1) is 0 Å². The first-order valence-electron chi connectivity index (χ1n) is 15.7. The van der Waals surface area contributed by atoms with Gasteiger partial charge >= 0.3 is 13.5 Å². The molecule has 2 heterocycles. The number of nitrogens with one attached hydrogen (secondary N) is 1. The van der Waals surface area contributed by atoms with Gasteiger partial charge in [0, 0.05) is 12.3 Å². The van der Waals surface area contributed by atoms with E-state index >= 15 is 0 Å². The van der Waals surface area contributed by atoms with Crippen molar-refractivity contribution in [2.75, 3.05) is 13.2 Å². The molecule has 0 aliphatic carbocycles. The number of nitrogens with zero attached hydrogens (tertiary/aromatic N) is 1. The fourth-order valence-electron chi connectivity index (χ4n) is 5.11. The van der Waals surface area contributed by atoms with E-state index < -0.39 is 50.2 Å². The van der Waals surface area contributed by atoms with Gasteiger partial charge in [-0.15, -0.1) is 0 Å². The maximum absolute atomic E-state index is 12.2. The van der Waals surface area contributed by atoms with Crippen molar-refractivity contribution in [3.05, 3.63) is 33.1 Å². The Bertz CT molecular complexity index is 986. The molecule has 41 heavy (non-hydrogen) atoms. The van der Waals surface area contributed by atoms with E-state index in [9.17, 15) is 29.3 Å². The van der Waals surface area contributed by atoms with E-state index in [1.807, 2.05) is 4.98 Å². The zero-order valence-electron chi connectivity index (χ0n) is 24.8. The van der Waals surface area contributed by atoms with Gasteiger partial charge in [0.05, 0.1) is 13.2 Å². The maximum atomic E-state index is 12.2. The summed E-state index contributed by atoms with van der Waals surface area (Å²) in [5, 5.41) is 20.5. The van der Waals surface area contributed by atoms with Crippen LogP contribution in [0.5, 0.6) is 0 Å². The van der Waals surface area contributed by atoms with E-state index in [1.165, 1.54) is 89.9 Å². The number of H-pyrrole nitrogens is 1. The van der Waals surface area contributed by atoms with Gasteiger partial charge < -0.3 is 19.8 Å². The van der Waals surface area contributed by atoms with Crippen LogP contribution in [0.4, 0.5) is 0 Å². The predicted octanol–water partition coefficient (Wildman–Crippen LogP) is 5.33. The minimum atomic E-state index is -4.38. The molecule has 0 bridgehead atoms. The summed E-state index contributed by atoms with van der Waals surface area (Å²) in [5.74, 6) is 0. The number of unbranched alkanes of at least 4 members (excludes halogenated alkanes) is 17. The molecule has 12 heteroatoms. The zero-order valence-corrected chi connectivity index (χ0v) is 25.7. The minimum Gasteiger partial charge on any atom is -0.387 e. The summed E-state index contributed by atoms with van der Waals surface area (Å²) in [7, 11) is -4.38. The first-order valence-corrected chi connectivity index (χ1v) is 17.2. The Morgan fingerprint density at radius 3 is 1.78 bits per heavy atom.